The summed E-state index contributed by atoms with van der Waals surface area (Å²) in [6, 6.07) is 4.48. The molecular weight excluding hydrogens is 249 g/mol. The van der Waals surface area contributed by atoms with Gasteiger partial charge < -0.3 is 10.4 Å². The average molecular weight is 262 g/mol. The van der Waals surface area contributed by atoms with Crippen LogP contribution in [0, 0.1) is 5.82 Å². The third kappa shape index (κ3) is 3.36. The molecule has 78 valence electrons. The maximum Gasteiger partial charge on any atom is 0.124 e. The molecule has 14 heavy (non-hydrogen) atoms. The number of likely N-dealkylation sites (N-methyl/N-ethyl adjacent to an activating group) is 1. The van der Waals surface area contributed by atoms with Gasteiger partial charge in [-0.2, -0.15) is 0 Å². The maximum atomic E-state index is 12.7. The molecule has 0 heterocycles. The van der Waals surface area contributed by atoms with Crippen molar-refractivity contribution in [1.82, 2.24) is 5.32 Å². The Morgan fingerprint density at radius 2 is 2.29 bits per heavy atom. The second-order valence-electron chi connectivity index (χ2n) is 3.15. The van der Waals surface area contributed by atoms with Gasteiger partial charge in [0, 0.05) is 17.4 Å². The highest BCUT2D eigenvalue weighted by atomic mass is 79.9. The van der Waals surface area contributed by atoms with Crippen LogP contribution < -0.4 is 5.32 Å². The van der Waals surface area contributed by atoms with Crippen LogP contribution in [0.4, 0.5) is 4.39 Å². The second-order valence-corrected chi connectivity index (χ2v) is 4.01. The monoisotopic (exact) mass is 261 g/mol. The molecule has 1 atom stereocenters. The summed E-state index contributed by atoms with van der Waals surface area (Å²) in [6.07, 6.45) is 0.0728. The Morgan fingerprint density at radius 1 is 1.57 bits per heavy atom. The standard InChI is InChI=1S/C10H13BrFNO/c1-13-6-9(14)4-7-2-3-8(12)5-10(7)11/h2-3,5,9,13-14H,4,6H2,1H3. The molecular formula is C10H13BrFNO. The lowest BCUT2D eigenvalue weighted by Gasteiger charge is -2.11. The van der Waals surface area contributed by atoms with E-state index in [1.807, 2.05) is 0 Å². The summed E-state index contributed by atoms with van der Waals surface area (Å²) < 4.78 is 13.4. The van der Waals surface area contributed by atoms with Crippen LogP contribution in [0.2, 0.25) is 0 Å². The highest BCUT2D eigenvalue weighted by molar-refractivity contribution is 9.10. The third-order valence-electron chi connectivity index (χ3n) is 1.91. The Hall–Kier alpha value is -0.450. The van der Waals surface area contributed by atoms with Gasteiger partial charge in [0.25, 0.3) is 0 Å². The van der Waals surface area contributed by atoms with Crippen molar-refractivity contribution in [3.05, 3.63) is 34.1 Å². The minimum atomic E-state index is -0.443. The average Bonchev–Trinajstić information content (AvgIpc) is 2.10. The van der Waals surface area contributed by atoms with Crippen LogP contribution in [0.1, 0.15) is 5.56 Å². The van der Waals surface area contributed by atoms with Crippen LogP contribution in [0.25, 0.3) is 0 Å². The van der Waals surface area contributed by atoms with Gasteiger partial charge in [-0.1, -0.05) is 22.0 Å². The van der Waals surface area contributed by atoms with Crippen LogP contribution >= 0.6 is 15.9 Å². The Morgan fingerprint density at radius 3 is 2.86 bits per heavy atom. The predicted octanol–water partition coefficient (Wildman–Crippen LogP) is 1.71. The quantitative estimate of drug-likeness (QED) is 0.865. The highest BCUT2D eigenvalue weighted by Crippen LogP contribution is 2.19. The molecule has 1 rings (SSSR count). The van der Waals surface area contributed by atoms with Crippen LogP contribution in [-0.4, -0.2) is 24.8 Å². The lowest BCUT2D eigenvalue weighted by Crippen LogP contribution is -2.25. The first-order chi connectivity index (χ1) is 6.63. The van der Waals surface area contributed by atoms with Crippen LogP contribution in [0.3, 0.4) is 0 Å². The molecule has 0 fully saturated rings. The molecule has 2 nitrogen and oxygen atoms in total. The summed E-state index contributed by atoms with van der Waals surface area (Å²) in [6.45, 7) is 0.532. The fourth-order valence-electron chi connectivity index (χ4n) is 1.25. The summed E-state index contributed by atoms with van der Waals surface area (Å²) >= 11 is 3.26. The van der Waals surface area contributed by atoms with E-state index < -0.39 is 6.10 Å². The maximum absolute atomic E-state index is 12.7. The fraction of sp³-hybridized carbons (Fsp3) is 0.400. The minimum absolute atomic E-state index is 0.274. The van der Waals surface area contributed by atoms with Crippen LogP contribution in [-0.2, 0) is 6.42 Å². The summed E-state index contributed by atoms with van der Waals surface area (Å²) in [5, 5.41) is 12.4. The Bertz CT molecular complexity index is 306. The van der Waals surface area contributed by atoms with Crippen LogP contribution in [0.5, 0.6) is 0 Å². The number of halogens is 2. The molecule has 0 saturated heterocycles. The molecule has 4 heteroatoms. The molecule has 0 amide bonds. The van der Waals surface area contributed by atoms with E-state index in [1.54, 1.807) is 13.1 Å². The van der Waals surface area contributed by atoms with E-state index in [-0.39, 0.29) is 5.82 Å². The normalized spacial score (nSPS) is 12.9. The molecule has 0 saturated carbocycles. The van der Waals surface area contributed by atoms with Crippen molar-refractivity contribution in [1.29, 1.82) is 0 Å². The molecule has 1 aromatic rings. The van der Waals surface area contributed by atoms with Gasteiger partial charge in [-0.25, -0.2) is 4.39 Å². The summed E-state index contributed by atoms with van der Waals surface area (Å²) in [5.74, 6) is -0.274. The number of aliphatic hydroxyl groups excluding tert-OH is 1. The second kappa shape index (κ2) is 5.44. The first kappa shape index (κ1) is 11.6. The van der Waals surface area contributed by atoms with Gasteiger partial charge in [0.2, 0.25) is 0 Å². The first-order valence-corrected chi connectivity index (χ1v) is 5.19. The molecule has 2 N–H and O–H groups in total. The topological polar surface area (TPSA) is 32.3 Å². The van der Waals surface area contributed by atoms with Gasteiger partial charge in [-0.3, -0.25) is 0 Å². The number of benzene rings is 1. The Balaban J connectivity index is 2.67. The largest absolute Gasteiger partial charge is 0.391 e. The zero-order valence-electron chi connectivity index (χ0n) is 7.93. The van der Waals surface area contributed by atoms with Gasteiger partial charge >= 0.3 is 0 Å². The summed E-state index contributed by atoms with van der Waals surface area (Å²) in [7, 11) is 1.78. The highest BCUT2D eigenvalue weighted by Gasteiger charge is 2.07. The van der Waals surface area contributed by atoms with E-state index in [9.17, 15) is 9.50 Å². The van der Waals surface area contributed by atoms with Crippen molar-refractivity contribution >= 4 is 15.9 Å². The molecule has 1 aromatic carbocycles. The van der Waals surface area contributed by atoms with E-state index >= 15 is 0 Å². The van der Waals surface area contributed by atoms with Gasteiger partial charge in [-0.05, 0) is 24.7 Å². The Labute approximate surface area is 91.3 Å². The number of rotatable bonds is 4. The lowest BCUT2D eigenvalue weighted by atomic mass is 10.1. The molecule has 0 aliphatic rings. The molecule has 1 unspecified atom stereocenters. The molecule has 0 aliphatic heterocycles. The van der Waals surface area contributed by atoms with E-state index in [4.69, 9.17) is 0 Å². The molecule has 0 bridgehead atoms. The number of hydrogen-bond donors (Lipinski definition) is 2. The summed E-state index contributed by atoms with van der Waals surface area (Å²) in [4.78, 5) is 0. The molecule has 0 aromatic heterocycles. The zero-order valence-corrected chi connectivity index (χ0v) is 9.51. The smallest absolute Gasteiger partial charge is 0.124 e. The van der Waals surface area contributed by atoms with Crippen molar-refractivity contribution in [2.24, 2.45) is 0 Å². The predicted molar refractivity (Wildman–Crippen MR) is 57.7 cm³/mol. The number of hydrogen-bond acceptors (Lipinski definition) is 2. The van der Waals surface area contributed by atoms with Crippen LogP contribution in [0.15, 0.2) is 22.7 Å². The first-order valence-electron chi connectivity index (χ1n) is 4.40. The van der Waals surface area contributed by atoms with Crippen molar-refractivity contribution in [2.45, 2.75) is 12.5 Å². The fourth-order valence-corrected chi connectivity index (χ4v) is 1.76. The molecule has 0 radical (unpaired) electrons. The van der Waals surface area contributed by atoms with Gasteiger partial charge in [0.1, 0.15) is 5.82 Å². The van der Waals surface area contributed by atoms with E-state index in [1.165, 1.54) is 12.1 Å². The number of nitrogens with one attached hydrogen (secondary N) is 1. The van der Waals surface area contributed by atoms with E-state index in [0.717, 1.165) is 5.56 Å². The SMILES string of the molecule is CNCC(O)Cc1ccc(F)cc1Br. The number of aliphatic hydroxyl groups is 1. The van der Waals surface area contributed by atoms with Crippen molar-refractivity contribution in [3.8, 4) is 0 Å². The third-order valence-corrected chi connectivity index (χ3v) is 2.65. The lowest BCUT2D eigenvalue weighted by molar-refractivity contribution is 0.174. The van der Waals surface area contributed by atoms with Crippen molar-refractivity contribution in [2.75, 3.05) is 13.6 Å². The zero-order chi connectivity index (χ0) is 10.6. The van der Waals surface area contributed by atoms with Gasteiger partial charge in [0.15, 0.2) is 0 Å². The molecule has 0 aliphatic carbocycles. The molecule has 0 spiro atoms. The van der Waals surface area contributed by atoms with E-state index in [2.05, 4.69) is 21.2 Å². The van der Waals surface area contributed by atoms with E-state index in [0.29, 0.717) is 17.4 Å². The van der Waals surface area contributed by atoms with Crippen molar-refractivity contribution < 1.29 is 9.50 Å². The van der Waals surface area contributed by atoms with Crippen molar-refractivity contribution in [3.63, 3.8) is 0 Å². The summed E-state index contributed by atoms with van der Waals surface area (Å²) in [5.41, 5.74) is 0.911. The Kier molecular flexibility index (Phi) is 4.51. The minimum Gasteiger partial charge on any atom is -0.391 e. The van der Waals surface area contributed by atoms with Gasteiger partial charge in [0.05, 0.1) is 6.10 Å². The van der Waals surface area contributed by atoms with Gasteiger partial charge in [-0.15, -0.1) is 0 Å².